The van der Waals surface area contributed by atoms with Crippen molar-refractivity contribution in [3.63, 3.8) is 0 Å². The van der Waals surface area contributed by atoms with E-state index in [0.717, 1.165) is 24.2 Å². The number of nitrogens with zero attached hydrogens (tertiary/aromatic N) is 4. The van der Waals surface area contributed by atoms with E-state index in [-0.39, 0.29) is 17.2 Å². The van der Waals surface area contributed by atoms with Crippen molar-refractivity contribution in [2.24, 2.45) is 5.92 Å². The van der Waals surface area contributed by atoms with Crippen LogP contribution in [0.1, 0.15) is 23.7 Å². The molecule has 2 bridgehead atoms. The van der Waals surface area contributed by atoms with E-state index in [1.807, 2.05) is 28.8 Å². The lowest BCUT2D eigenvalue weighted by Crippen LogP contribution is -2.47. The van der Waals surface area contributed by atoms with E-state index < -0.39 is 0 Å². The number of aromatic nitrogens is 2. The predicted molar refractivity (Wildman–Crippen MR) is 105 cm³/mol. The van der Waals surface area contributed by atoms with Gasteiger partial charge < -0.3 is 13.9 Å². The molecule has 0 N–H and O–H groups in total. The van der Waals surface area contributed by atoms with Crippen molar-refractivity contribution in [2.45, 2.75) is 18.9 Å². The Hall–Kier alpha value is -3.04. The lowest BCUT2D eigenvalue weighted by molar-refractivity contribution is 0.275. The van der Waals surface area contributed by atoms with Crippen LogP contribution in [-0.2, 0) is 6.54 Å². The minimum atomic E-state index is 0.0584. The van der Waals surface area contributed by atoms with Crippen LogP contribution in [0.3, 0.4) is 0 Å². The molecule has 0 saturated carbocycles. The highest BCUT2D eigenvalue weighted by molar-refractivity contribution is 6.30. The van der Waals surface area contributed by atoms with E-state index in [9.17, 15) is 10.1 Å². The highest BCUT2D eigenvalue weighted by Gasteiger charge is 2.36. The minimum Gasteiger partial charge on any atom is -0.419 e. The van der Waals surface area contributed by atoms with Crippen molar-refractivity contribution in [1.82, 2.24) is 9.55 Å². The maximum atomic E-state index is 12.2. The fourth-order valence-corrected chi connectivity index (χ4v) is 4.50. The summed E-state index contributed by atoms with van der Waals surface area (Å²) in [5, 5.41) is 10.2. The van der Waals surface area contributed by atoms with Crippen LogP contribution in [0.25, 0.3) is 11.5 Å². The van der Waals surface area contributed by atoms with Gasteiger partial charge in [0.25, 0.3) is 5.56 Å². The van der Waals surface area contributed by atoms with Crippen LogP contribution in [0.4, 0.5) is 5.88 Å². The largest absolute Gasteiger partial charge is 0.419 e. The van der Waals surface area contributed by atoms with E-state index in [0.29, 0.717) is 35.8 Å². The molecule has 4 heterocycles. The normalized spacial score (nSPS) is 20.5. The van der Waals surface area contributed by atoms with Gasteiger partial charge in [0.05, 0.1) is 0 Å². The molecule has 1 saturated heterocycles. The van der Waals surface area contributed by atoms with Crippen LogP contribution in [0, 0.1) is 17.2 Å². The Labute approximate surface area is 166 Å². The van der Waals surface area contributed by atoms with Crippen LogP contribution in [0.2, 0.25) is 5.02 Å². The number of hydrogen-bond donors (Lipinski definition) is 0. The van der Waals surface area contributed by atoms with Gasteiger partial charge in [-0.15, -0.1) is 0 Å². The summed E-state index contributed by atoms with van der Waals surface area (Å²) < 4.78 is 7.92. The standard InChI is InChI=1S/C21H17ClN4O2/c22-16-6-4-14(5-7-16)20-24-17(9-23)21(28-20)25-10-13-8-15(12-25)18-2-1-3-19(27)26(18)11-13/h1-7,13,15H,8,10-12H2/t13-,15+/m0/s1. The summed E-state index contributed by atoms with van der Waals surface area (Å²) in [7, 11) is 0. The zero-order chi connectivity index (χ0) is 19.3. The third kappa shape index (κ3) is 2.79. The number of halogens is 1. The molecule has 2 aliphatic rings. The molecule has 3 aromatic rings. The van der Waals surface area contributed by atoms with Crippen molar-refractivity contribution >= 4 is 17.5 Å². The Morgan fingerprint density at radius 2 is 1.96 bits per heavy atom. The minimum absolute atomic E-state index is 0.0584. The number of hydrogen-bond acceptors (Lipinski definition) is 5. The van der Waals surface area contributed by atoms with Gasteiger partial charge in [-0.1, -0.05) is 17.7 Å². The third-order valence-electron chi connectivity index (χ3n) is 5.57. The molecule has 5 rings (SSSR count). The average Bonchev–Trinajstić information content (AvgIpc) is 3.14. The molecule has 0 radical (unpaired) electrons. The van der Waals surface area contributed by atoms with Crippen LogP contribution in [0.15, 0.2) is 51.7 Å². The molecule has 0 unspecified atom stereocenters. The monoisotopic (exact) mass is 392 g/mol. The third-order valence-corrected chi connectivity index (χ3v) is 5.83. The van der Waals surface area contributed by atoms with Crippen molar-refractivity contribution < 1.29 is 4.42 Å². The first-order valence-corrected chi connectivity index (χ1v) is 9.61. The zero-order valence-corrected chi connectivity index (χ0v) is 15.8. The van der Waals surface area contributed by atoms with Crippen molar-refractivity contribution in [3.05, 3.63) is 69.2 Å². The Morgan fingerprint density at radius 1 is 1.14 bits per heavy atom. The second kappa shape index (κ2) is 6.54. The molecule has 2 aliphatic heterocycles. The first-order chi connectivity index (χ1) is 13.6. The van der Waals surface area contributed by atoms with Crippen LogP contribution >= 0.6 is 11.6 Å². The van der Waals surface area contributed by atoms with Gasteiger partial charge in [-0.2, -0.15) is 10.2 Å². The van der Waals surface area contributed by atoms with Crippen molar-refractivity contribution in [1.29, 1.82) is 5.26 Å². The summed E-state index contributed by atoms with van der Waals surface area (Å²) in [5.74, 6) is 1.49. The van der Waals surface area contributed by atoms with Gasteiger partial charge in [0.2, 0.25) is 17.5 Å². The zero-order valence-electron chi connectivity index (χ0n) is 15.0. The van der Waals surface area contributed by atoms with Crippen LogP contribution in [0.5, 0.6) is 0 Å². The fourth-order valence-electron chi connectivity index (χ4n) is 4.38. The van der Waals surface area contributed by atoms with E-state index in [1.54, 1.807) is 18.2 Å². The van der Waals surface area contributed by atoms with E-state index in [2.05, 4.69) is 16.0 Å². The molecule has 1 aromatic carbocycles. The molecule has 2 aromatic heterocycles. The molecule has 0 aliphatic carbocycles. The number of fused-ring (bicyclic) bond motifs is 4. The molecular weight excluding hydrogens is 376 g/mol. The fraction of sp³-hybridized carbons (Fsp3) is 0.286. The number of nitriles is 1. The highest BCUT2D eigenvalue weighted by Crippen LogP contribution is 2.39. The van der Waals surface area contributed by atoms with Gasteiger partial charge in [-0.3, -0.25) is 4.79 Å². The van der Waals surface area contributed by atoms with Gasteiger partial charge in [-0.05, 0) is 42.7 Å². The molecule has 2 atom stereocenters. The number of pyridine rings is 1. The Bertz CT molecular complexity index is 1140. The lowest BCUT2D eigenvalue weighted by atomic mass is 9.83. The highest BCUT2D eigenvalue weighted by atomic mass is 35.5. The Kier molecular flexibility index (Phi) is 3.99. The first-order valence-electron chi connectivity index (χ1n) is 9.24. The first kappa shape index (κ1) is 17.1. The predicted octanol–water partition coefficient (Wildman–Crippen LogP) is 3.65. The molecular formula is C21H17ClN4O2. The van der Waals surface area contributed by atoms with Crippen molar-refractivity contribution in [2.75, 3.05) is 18.0 Å². The van der Waals surface area contributed by atoms with Gasteiger partial charge >= 0.3 is 0 Å². The summed E-state index contributed by atoms with van der Waals surface area (Å²) in [4.78, 5) is 18.7. The van der Waals surface area contributed by atoms with E-state index >= 15 is 0 Å². The number of benzene rings is 1. The van der Waals surface area contributed by atoms with E-state index in [4.69, 9.17) is 16.0 Å². The molecule has 6 nitrogen and oxygen atoms in total. The lowest BCUT2D eigenvalue weighted by Gasteiger charge is -2.42. The maximum Gasteiger partial charge on any atom is 0.250 e. The summed E-state index contributed by atoms with van der Waals surface area (Å²) in [6.07, 6.45) is 1.04. The van der Waals surface area contributed by atoms with Gasteiger partial charge in [0, 0.05) is 47.9 Å². The topological polar surface area (TPSA) is 75.1 Å². The quantitative estimate of drug-likeness (QED) is 0.665. The smallest absolute Gasteiger partial charge is 0.250 e. The number of piperidine rings is 1. The number of anilines is 1. The van der Waals surface area contributed by atoms with Gasteiger partial charge in [0.1, 0.15) is 6.07 Å². The molecule has 7 heteroatoms. The summed E-state index contributed by atoms with van der Waals surface area (Å²) >= 11 is 5.96. The molecule has 0 spiro atoms. The Balaban J connectivity index is 1.50. The van der Waals surface area contributed by atoms with Crippen molar-refractivity contribution in [3.8, 4) is 17.5 Å². The second-order valence-corrected chi connectivity index (χ2v) is 7.83. The van der Waals surface area contributed by atoms with Gasteiger partial charge in [0.15, 0.2) is 0 Å². The Morgan fingerprint density at radius 3 is 2.75 bits per heavy atom. The van der Waals surface area contributed by atoms with Crippen LogP contribution < -0.4 is 10.5 Å². The summed E-state index contributed by atoms with van der Waals surface area (Å²) in [5.41, 5.74) is 2.18. The van der Waals surface area contributed by atoms with Gasteiger partial charge in [-0.25, -0.2) is 0 Å². The second-order valence-electron chi connectivity index (χ2n) is 7.39. The number of rotatable bonds is 2. The number of oxazole rings is 1. The molecule has 140 valence electrons. The average molecular weight is 393 g/mol. The maximum absolute atomic E-state index is 12.2. The SMILES string of the molecule is N#Cc1nc(-c2ccc(Cl)cc2)oc1N1C[C@@H]2C[C@H](C1)c1cccc(=O)n1C2. The summed E-state index contributed by atoms with van der Waals surface area (Å²) in [6, 6.07) is 14.8. The summed E-state index contributed by atoms with van der Waals surface area (Å²) in [6.45, 7) is 2.13. The molecule has 0 amide bonds. The van der Waals surface area contributed by atoms with E-state index in [1.165, 1.54) is 0 Å². The molecule has 1 fully saturated rings. The molecule has 28 heavy (non-hydrogen) atoms. The van der Waals surface area contributed by atoms with Crippen LogP contribution in [-0.4, -0.2) is 22.6 Å².